The van der Waals surface area contributed by atoms with Crippen molar-refractivity contribution in [2.24, 2.45) is 7.05 Å². The van der Waals surface area contributed by atoms with Crippen LogP contribution in [-0.4, -0.2) is 12.5 Å². The van der Waals surface area contributed by atoms with E-state index < -0.39 is 0 Å². The van der Waals surface area contributed by atoms with Gasteiger partial charge in [-0.1, -0.05) is 42.3 Å². The Morgan fingerprint density at radius 3 is 2.48 bits per heavy atom. The van der Waals surface area contributed by atoms with Gasteiger partial charge >= 0.3 is 0 Å². The highest BCUT2D eigenvalue weighted by molar-refractivity contribution is 6.34. The lowest BCUT2D eigenvalue weighted by molar-refractivity contribution is -0.671. The van der Waals surface area contributed by atoms with Gasteiger partial charge in [0.1, 0.15) is 17.6 Å². The molecule has 0 bridgehead atoms. The summed E-state index contributed by atoms with van der Waals surface area (Å²) in [5, 5.41) is 3.97. The third-order valence-electron chi connectivity index (χ3n) is 3.53. The van der Waals surface area contributed by atoms with Crippen molar-refractivity contribution in [3.8, 4) is 5.75 Å². The van der Waals surface area contributed by atoms with E-state index in [0.29, 0.717) is 28.0 Å². The van der Waals surface area contributed by atoms with E-state index in [-0.39, 0.29) is 35.9 Å². The molecule has 25 heavy (non-hydrogen) atoms. The minimum atomic E-state index is -0.269. The lowest BCUT2D eigenvalue weighted by Crippen LogP contribution is -3.00. The molecule has 0 fully saturated rings. The van der Waals surface area contributed by atoms with Crippen LogP contribution in [0.4, 0.5) is 0 Å². The smallest absolute Gasteiger partial charge is 0.257 e. The Morgan fingerprint density at radius 1 is 1.24 bits per heavy atom. The Bertz CT molecular complexity index is 724. The number of aryl methyl sites for hydroxylation is 1. The van der Waals surface area contributed by atoms with Crippen LogP contribution < -0.4 is 38.6 Å². The number of pyridine rings is 1. The number of aromatic nitrogens is 1. The van der Waals surface area contributed by atoms with Crippen LogP contribution in [0.2, 0.25) is 10.0 Å². The molecule has 1 aromatic heterocycles. The monoisotopic (exact) mass is 494 g/mol. The fourth-order valence-corrected chi connectivity index (χ4v) is 2.75. The van der Waals surface area contributed by atoms with E-state index in [1.807, 2.05) is 33.0 Å². The number of benzene rings is 1. The van der Waals surface area contributed by atoms with E-state index in [4.69, 9.17) is 27.9 Å². The van der Waals surface area contributed by atoms with Crippen LogP contribution >= 0.6 is 23.2 Å². The van der Waals surface area contributed by atoms with Crippen LogP contribution in [0.25, 0.3) is 0 Å². The zero-order valence-corrected chi connectivity index (χ0v) is 18.0. The average Bonchev–Trinajstić information content (AvgIpc) is 2.52. The Labute approximate surface area is 175 Å². The molecule has 0 saturated heterocycles. The normalized spacial score (nSPS) is 11.4. The average molecular weight is 495 g/mol. The molecule has 0 radical (unpaired) electrons. The Hall–Kier alpha value is -1.05. The van der Waals surface area contributed by atoms with Gasteiger partial charge in [0.2, 0.25) is 6.20 Å². The fourth-order valence-electron chi connectivity index (χ4n) is 2.29. The predicted octanol–water partition coefficient (Wildman–Crippen LogP) is 1.10. The van der Waals surface area contributed by atoms with Gasteiger partial charge in [0.05, 0.1) is 12.6 Å². The molecule has 2 aromatic rings. The number of carbonyl (C=O) groups is 1. The van der Waals surface area contributed by atoms with E-state index >= 15 is 0 Å². The molecule has 2 rings (SSSR count). The van der Waals surface area contributed by atoms with E-state index in [1.165, 1.54) is 0 Å². The number of nitrogens with zero attached hydrogens (tertiary/aromatic N) is 1. The maximum Gasteiger partial charge on any atom is 0.257 e. The van der Waals surface area contributed by atoms with Crippen molar-refractivity contribution in [2.75, 3.05) is 6.61 Å². The van der Waals surface area contributed by atoms with Crippen LogP contribution in [0, 0.1) is 0 Å². The lowest BCUT2D eigenvalue weighted by Gasteiger charge is -2.16. The molecule has 0 aliphatic rings. The minimum Gasteiger partial charge on any atom is -1.00 e. The second-order valence-electron chi connectivity index (χ2n) is 5.61. The fraction of sp³-hybridized carbons (Fsp3) is 0.333. The van der Waals surface area contributed by atoms with Gasteiger partial charge in [-0.3, -0.25) is 4.79 Å². The molecule has 0 aliphatic carbocycles. The highest BCUT2D eigenvalue weighted by Crippen LogP contribution is 2.26. The molecule has 7 heteroatoms. The van der Waals surface area contributed by atoms with Gasteiger partial charge in [0.25, 0.3) is 5.91 Å². The number of hydrogen-bond acceptors (Lipinski definition) is 2. The Kier molecular flexibility index (Phi) is 8.96. The molecule has 1 aromatic carbocycles. The molecule has 0 aliphatic heterocycles. The van der Waals surface area contributed by atoms with Gasteiger partial charge in [0, 0.05) is 5.02 Å². The first kappa shape index (κ1) is 22.0. The quantitative estimate of drug-likeness (QED) is 0.482. The molecular formula is C18H21Cl2IN2O2. The Morgan fingerprint density at radius 2 is 1.88 bits per heavy atom. The van der Waals surface area contributed by atoms with Crippen molar-refractivity contribution < 1.29 is 38.1 Å². The summed E-state index contributed by atoms with van der Waals surface area (Å²) in [7, 11) is 1.84. The summed E-state index contributed by atoms with van der Waals surface area (Å²) in [6, 6.07) is 7.18. The number of ether oxygens (including phenoxy) is 1. The van der Waals surface area contributed by atoms with Gasteiger partial charge in [-0.25, -0.2) is 4.57 Å². The zero-order valence-electron chi connectivity index (χ0n) is 14.4. The molecule has 1 N–H and O–H groups in total. The maximum absolute atomic E-state index is 12.7. The highest BCUT2D eigenvalue weighted by Gasteiger charge is 2.23. The molecule has 0 unspecified atom stereocenters. The van der Waals surface area contributed by atoms with Crippen LogP contribution in [-0.2, 0) is 7.05 Å². The number of rotatable bonds is 6. The van der Waals surface area contributed by atoms with Crippen molar-refractivity contribution in [1.29, 1.82) is 0 Å². The van der Waals surface area contributed by atoms with Gasteiger partial charge in [-0.2, -0.15) is 0 Å². The first-order valence-corrected chi connectivity index (χ1v) is 8.55. The second kappa shape index (κ2) is 10.2. The van der Waals surface area contributed by atoms with Gasteiger partial charge in [0.15, 0.2) is 11.9 Å². The maximum atomic E-state index is 12.7. The molecule has 4 nitrogen and oxygen atoms in total. The first-order chi connectivity index (χ1) is 11.4. The van der Waals surface area contributed by atoms with Gasteiger partial charge in [-0.05, 0) is 31.0 Å². The van der Waals surface area contributed by atoms with Crippen LogP contribution in [0.1, 0.15) is 42.2 Å². The van der Waals surface area contributed by atoms with Crippen molar-refractivity contribution in [3.05, 3.63) is 57.8 Å². The molecule has 0 spiro atoms. The SMILES string of the molecule is CCCOc1c[n+](C)cc(Cl)c1C(=O)N[C@@H](C)c1ccc(Cl)cc1.[I-]. The summed E-state index contributed by atoms with van der Waals surface area (Å²) in [6.07, 6.45) is 4.28. The van der Waals surface area contributed by atoms with Crippen molar-refractivity contribution in [3.63, 3.8) is 0 Å². The number of hydrogen-bond donors (Lipinski definition) is 1. The van der Waals surface area contributed by atoms with E-state index in [0.717, 1.165) is 12.0 Å². The topological polar surface area (TPSA) is 42.2 Å². The number of nitrogens with one attached hydrogen (secondary N) is 1. The number of carbonyl (C=O) groups excluding carboxylic acids is 1. The minimum absolute atomic E-state index is 0. The summed E-state index contributed by atoms with van der Waals surface area (Å²) in [5.74, 6) is 0.210. The third kappa shape index (κ3) is 6.01. The van der Waals surface area contributed by atoms with Gasteiger partial charge in [-0.15, -0.1) is 0 Å². The summed E-state index contributed by atoms with van der Waals surface area (Å²) in [6.45, 7) is 4.44. The van der Waals surface area contributed by atoms with Crippen molar-refractivity contribution in [2.45, 2.75) is 26.3 Å². The molecule has 1 amide bonds. The van der Waals surface area contributed by atoms with Gasteiger partial charge < -0.3 is 34.0 Å². The summed E-state index contributed by atoms with van der Waals surface area (Å²) >= 11 is 12.2. The van der Waals surface area contributed by atoms with E-state index in [2.05, 4.69) is 5.32 Å². The number of amides is 1. The predicted molar refractivity (Wildman–Crippen MR) is 95.7 cm³/mol. The summed E-state index contributed by atoms with van der Waals surface area (Å²) < 4.78 is 7.46. The summed E-state index contributed by atoms with van der Waals surface area (Å²) in [5.41, 5.74) is 1.31. The molecule has 1 atom stereocenters. The standard InChI is InChI=1S/C18H20Cl2N2O2.HI/c1-4-9-24-16-11-22(3)10-15(20)17(16)18(23)21-12(2)13-5-7-14(19)8-6-13;/h5-8,10-12H,4,9H2,1-3H3;1H/t12-;/m0./s1. The van der Waals surface area contributed by atoms with Crippen LogP contribution in [0.5, 0.6) is 5.75 Å². The highest BCUT2D eigenvalue weighted by atomic mass is 127. The molecule has 0 saturated carbocycles. The van der Waals surface area contributed by atoms with Crippen LogP contribution in [0.15, 0.2) is 36.7 Å². The largest absolute Gasteiger partial charge is 1.00 e. The first-order valence-electron chi connectivity index (χ1n) is 7.80. The van der Waals surface area contributed by atoms with Crippen molar-refractivity contribution in [1.82, 2.24) is 5.32 Å². The number of halogens is 3. The molecule has 136 valence electrons. The van der Waals surface area contributed by atoms with E-state index in [1.54, 1.807) is 29.1 Å². The van der Waals surface area contributed by atoms with E-state index in [9.17, 15) is 4.79 Å². The Balaban J connectivity index is 0.00000312. The lowest BCUT2D eigenvalue weighted by atomic mass is 10.1. The van der Waals surface area contributed by atoms with Crippen molar-refractivity contribution >= 4 is 29.1 Å². The van der Waals surface area contributed by atoms with Crippen LogP contribution in [0.3, 0.4) is 0 Å². The summed E-state index contributed by atoms with van der Waals surface area (Å²) in [4.78, 5) is 12.7. The molecular weight excluding hydrogens is 474 g/mol. The second-order valence-corrected chi connectivity index (χ2v) is 6.45. The zero-order chi connectivity index (χ0) is 17.7. The third-order valence-corrected chi connectivity index (χ3v) is 4.07. The molecule has 1 heterocycles.